The lowest BCUT2D eigenvalue weighted by Crippen LogP contribution is -2.20. The number of carbonyl (C=O) groups excluding carboxylic acids is 6. The second-order valence-electron chi connectivity index (χ2n) is 11.6. The second-order valence-corrected chi connectivity index (χ2v) is 11.6. The van der Waals surface area contributed by atoms with E-state index in [2.05, 4.69) is 0 Å². The number of cyclic esters (lactones) is 2. The lowest BCUT2D eigenvalue weighted by molar-refractivity contribution is -0.132. The van der Waals surface area contributed by atoms with Crippen molar-refractivity contribution in [2.45, 2.75) is 54.8 Å². The molecule has 0 radical (unpaired) electrons. The van der Waals surface area contributed by atoms with Crippen LogP contribution < -0.4 is 28.4 Å². The van der Waals surface area contributed by atoms with Gasteiger partial charge in [0.1, 0.15) is 47.3 Å². The van der Waals surface area contributed by atoms with Crippen LogP contribution in [0.5, 0.6) is 34.5 Å². The zero-order valence-corrected chi connectivity index (χ0v) is 28.3. The van der Waals surface area contributed by atoms with Crippen molar-refractivity contribution >= 4 is 57.4 Å². The van der Waals surface area contributed by atoms with Crippen molar-refractivity contribution in [2.75, 3.05) is 14.2 Å². The number of carbonyl (C=O) groups is 6. The summed E-state index contributed by atoms with van der Waals surface area (Å²) in [5.41, 5.74) is 1.47. The molecule has 2 aliphatic heterocycles. The highest BCUT2D eigenvalue weighted by molar-refractivity contribution is 6.20. The van der Waals surface area contributed by atoms with Crippen molar-refractivity contribution in [3.63, 3.8) is 0 Å². The van der Waals surface area contributed by atoms with E-state index in [1.54, 1.807) is 13.8 Å². The Morgan fingerprint density at radius 2 is 0.860 bits per heavy atom. The number of methoxy groups -OCH3 is 2. The number of esters is 6. The predicted octanol–water partition coefficient (Wildman–Crippen LogP) is 5.34. The largest absolute Gasteiger partial charge is 0.496 e. The van der Waals surface area contributed by atoms with E-state index in [0.717, 1.165) is 0 Å². The van der Waals surface area contributed by atoms with Crippen LogP contribution in [0.2, 0.25) is 0 Å². The maximum atomic E-state index is 13.3. The Balaban J connectivity index is 1.91. The van der Waals surface area contributed by atoms with E-state index in [1.807, 2.05) is 0 Å². The van der Waals surface area contributed by atoms with Gasteiger partial charge in [0, 0.05) is 60.4 Å². The van der Waals surface area contributed by atoms with Gasteiger partial charge < -0.3 is 37.9 Å². The van der Waals surface area contributed by atoms with Gasteiger partial charge >= 0.3 is 35.8 Å². The van der Waals surface area contributed by atoms with Crippen LogP contribution in [0.3, 0.4) is 0 Å². The van der Waals surface area contributed by atoms with Gasteiger partial charge in [-0.1, -0.05) is 0 Å². The summed E-state index contributed by atoms with van der Waals surface area (Å²) in [6, 6.07) is 2.89. The molecule has 0 N–H and O–H groups in total. The molecule has 0 aromatic heterocycles. The Labute approximate surface area is 284 Å². The van der Waals surface area contributed by atoms with Gasteiger partial charge in [-0.15, -0.1) is 0 Å². The zero-order chi connectivity index (χ0) is 36.3. The van der Waals surface area contributed by atoms with Crippen LogP contribution in [0.4, 0.5) is 0 Å². The van der Waals surface area contributed by atoms with Gasteiger partial charge in [0.25, 0.3) is 0 Å². The monoisotopic (exact) mass is 686 g/mol. The molecule has 4 aromatic rings. The van der Waals surface area contributed by atoms with Crippen molar-refractivity contribution < 1.29 is 66.7 Å². The van der Waals surface area contributed by atoms with Crippen molar-refractivity contribution in [1.82, 2.24) is 0 Å². The fourth-order valence-electron chi connectivity index (χ4n) is 6.71. The molecule has 0 bridgehead atoms. The third kappa shape index (κ3) is 5.19. The highest BCUT2D eigenvalue weighted by Gasteiger charge is 2.40. The first-order chi connectivity index (χ1) is 23.7. The van der Waals surface area contributed by atoms with E-state index in [4.69, 9.17) is 37.9 Å². The molecule has 0 spiro atoms. The summed E-state index contributed by atoms with van der Waals surface area (Å²) in [6.45, 7) is 7.45. The molecule has 0 saturated carbocycles. The van der Waals surface area contributed by atoms with E-state index in [-0.39, 0.29) is 91.5 Å². The van der Waals surface area contributed by atoms with Crippen molar-refractivity contribution in [3.8, 4) is 45.6 Å². The summed E-state index contributed by atoms with van der Waals surface area (Å²) >= 11 is 0. The van der Waals surface area contributed by atoms with Gasteiger partial charge in [-0.05, 0) is 37.1 Å². The first kappa shape index (κ1) is 33.7. The molecule has 6 rings (SSSR count). The molecule has 0 atom stereocenters. The minimum Gasteiger partial charge on any atom is -0.496 e. The van der Waals surface area contributed by atoms with Gasteiger partial charge in [0.2, 0.25) is 0 Å². The highest BCUT2D eigenvalue weighted by atomic mass is 16.6. The Morgan fingerprint density at radius 3 is 1.16 bits per heavy atom. The molecule has 0 fully saturated rings. The van der Waals surface area contributed by atoms with Crippen LogP contribution in [0, 0.1) is 13.8 Å². The predicted molar refractivity (Wildman–Crippen MR) is 173 cm³/mol. The van der Waals surface area contributed by atoms with E-state index in [0.29, 0.717) is 22.3 Å². The Morgan fingerprint density at radius 1 is 0.520 bits per heavy atom. The van der Waals surface area contributed by atoms with E-state index < -0.39 is 35.8 Å². The number of rotatable bonds is 7. The second kappa shape index (κ2) is 12.4. The average Bonchev–Trinajstić information content (AvgIpc) is 3.01. The molecular weight excluding hydrogens is 656 g/mol. The van der Waals surface area contributed by atoms with Crippen LogP contribution in [0.15, 0.2) is 12.1 Å². The number of hydrogen-bond donors (Lipinski definition) is 0. The molecule has 50 heavy (non-hydrogen) atoms. The standard InChI is InChI=1S/C36H30O14/c1-13-9-21(47-15(3)37)27-25-19(11-45-35(27)41)31(43-7)29(33(23(13)25)49-17(5)39)30-32(44-8)20-12-46-36(42)28-22(48-16(4)38)10-14(2)24(26(20)28)34(30)50-18(6)40/h9-10H,11-12H2,1-8H3. The van der Waals surface area contributed by atoms with E-state index in [1.165, 1.54) is 54.0 Å². The normalized spacial score (nSPS) is 13.0. The summed E-state index contributed by atoms with van der Waals surface area (Å²) < 4.78 is 45.8. The number of hydrogen-bond acceptors (Lipinski definition) is 14. The van der Waals surface area contributed by atoms with Crippen molar-refractivity contribution in [1.29, 1.82) is 0 Å². The molecular formula is C36H30O14. The molecule has 14 nitrogen and oxygen atoms in total. The Kier molecular flexibility index (Phi) is 8.34. The molecule has 0 amide bonds. The van der Waals surface area contributed by atoms with Crippen LogP contribution in [-0.4, -0.2) is 50.0 Å². The number of aryl methyl sites for hydroxylation is 2. The molecule has 0 saturated heterocycles. The quantitative estimate of drug-likeness (QED) is 0.180. The fourth-order valence-corrected chi connectivity index (χ4v) is 6.71. The van der Waals surface area contributed by atoms with Crippen LogP contribution in [0.1, 0.15) is 70.7 Å². The topological polar surface area (TPSA) is 176 Å². The fraction of sp³-hybridized carbons (Fsp3) is 0.278. The maximum absolute atomic E-state index is 13.3. The summed E-state index contributed by atoms with van der Waals surface area (Å²) in [5.74, 6) is -4.70. The molecule has 0 aliphatic carbocycles. The van der Waals surface area contributed by atoms with Gasteiger partial charge in [-0.2, -0.15) is 0 Å². The summed E-state index contributed by atoms with van der Waals surface area (Å²) in [5, 5.41) is 1.05. The van der Waals surface area contributed by atoms with Gasteiger partial charge in [0.05, 0.1) is 25.3 Å². The first-order valence-electron chi connectivity index (χ1n) is 15.2. The zero-order valence-electron chi connectivity index (χ0n) is 28.3. The lowest BCUT2D eigenvalue weighted by Gasteiger charge is -2.30. The smallest absolute Gasteiger partial charge is 0.342 e. The number of ether oxygens (including phenoxy) is 8. The summed E-state index contributed by atoms with van der Waals surface area (Å²) in [4.78, 5) is 76.4. The lowest BCUT2D eigenvalue weighted by atomic mass is 9.84. The Hall–Kier alpha value is -6.18. The molecule has 258 valence electrons. The van der Waals surface area contributed by atoms with Crippen LogP contribution in [0.25, 0.3) is 32.7 Å². The average molecular weight is 687 g/mol. The van der Waals surface area contributed by atoms with Gasteiger partial charge in [0.15, 0.2) is 11.5 Å². The number of benzene rings is 4. The summed E-state index contributed by atoms with van der Waals surface area (Å²) in [6.07, 6.45) is 0. The van der Waals surface area contributed by atoms with E-state index in [9.17, 15) is 28.8 Å². The minimum atomic E-state index is -0.788. The third-order valence-corrected chi connectivity index (χ3v) is 8.25. The molecule has 2 heterocycles. The van der Waals surface area contributed by atoms with Crippen molar-refractivity contribution in [3.05, 3.63) is 45.5 Å². The third-order valence-electron chi connectivity index (χ3n) is 8.25. The first-order valence-corrected chi connectivity index (χ1v) is 15.2. The van der Waals surface area contributed by atoms with Crippen LogP contribution >= 0.6 is 0 Å². The summed E-state index contributed by atoms with van der Waals surface area (Å²) in [7, 11) is 2.69. The molecule has 14 heteroatoms. The SMILES string of the molecule is COc1c(-c2c(OC)c3c4c(c(OC(C)=O)cc(C)c4c2OC(C)=O)C(=O)OC3)c(OC(C)=O)c2c(C)cc(OC(C)=O)c3c2c1COC3=O. The van der Waals surface area contributed by atoms with Gasteiger partial charge in [-0.25, -0.2) is 9.59 Å². The molecule has 4 aromatic carbocycles. The maximum Gasteiger partial charge on any atom is 0.342 e. The highest BCUT2D eigenvalue weighted by Crippen LogP contribution is 2.59. The molecule has 0 unspecified atom stereocenters. The van der Waals surface area contributed by atoms with Crippen LogP contribution in [-0.2, 0) is 41.9 Å². The van der Waals surface area contributed by atoms with Gasteiger partial charge in [-0.3, -0.25) is 19.2 Å². The van der Waals surface area contributed by atoms with E-state index >= 15 is 0 Å². The minimum absolute atomic E-state index is 0.0438. The van der Waals surface area contributed by atoms with Crippen molar-refractivity contribution in [2.24, 2.45) is 0 Å². The Bertz CT molecular complexity index is 2100. The molecule has 2 aliphatic rings.